The summed E-state index contributed by atoms with van der Waals surface area (Å²) in [6.07, 6.45) is 9.27. The number of likely N-dealkylation sites (tertiary alicyclic amines) is 1. The number of hydrogen-bond donors (Lipinski definition) is 1. The summed E-state index contributed by atoms with van der Waals surface area (Å²) in [4.78, 5) is 15.1. The van der Waals surface area contributed by atoms with E-state index in [1.807, 2.05) is 0 Å². The molecule has 0 spiro atoms. The molecule has 0 aliphatic carbocycles. The number of amides is 1. The van der Waals surface area contributed by atoms with Gasteiger partial charge in [-0.3, -0.25) is 4.79 Å². The largest absolute Gasteiger partial charge is 0.342 e. The zero-order valence-corrected chi connectivity index (χ0v) is 11.8. The average molecular weight is 252 g/mol. The minimum Gasteiger partial charge on any atom is -0.342 e. The topological polar surface area (TPSA) is 32.3 Å². The van der Waals surface area contributed by atoms with Crippen LogP contribution in [0.4, 0.5) is 0 Å². The predicted octanol–water partition coefficient (Wildman–Crippen LogP) is 2.56. The van der Waals surface area contributed by atoms with Crippen LogP contribution in [0.1, 0.15) is 58.3 Å². The third kappa shape index (κ3) is 3.05. The van der Waals surface area contributed by atoms with Gasteiger partial charge in [-0.2, -0.15) is 0 Å². The molecule has 3 nitrogen and oxygen atoms in total. The van der Waals surface area contributed by atoms with E-state index < -0.39 is 0 Å². The predicted molar refractivity (Wildman–Crippen MR) is 74.5 cm³/mol. The smallest absolute Gasteiger partial charge is 0.228 e. The number of nitrogens with one attached hydrogen (secondary N) is 1. The standard InChI is InChI=1S/C15H28N2O/c1-2-7-15(8-10-16-11-9-15)14(18)17-12-5-3-4-6-13-17/h16H,2-13H2,1H3. The van der Waals surface area contributed by atoms with Gasteiger partial charge in [0.15, 0.2) is 0 Å². The number of piperidine rings is 1. The van der Waals surface area contributed by atoms with Gasteiger partial charge in [0, 0.05) is 13.1 Å². The van der Waals surface area contributed by atoms with Gasteiger partial charge in [0.2, 0.25) is 5.91 Å². The third-order valence-corrected chi connectivity index (χ3v) is 4.64. The molecular weight excluding hydrogens is 224 g/mol. The maximum atomic E-state index is 12.9. The summed E-state index contributed by atoms with van der Waals surface area (Å²) in [7, 11) is 0. The Morgan fingerprint density at radius 1 is 1.11 bits per heavy atom. The second-order valence-electron chi connectivity index (χ2n) is 5.99. The Hall–Kier alpha value is -0.570. The van der Waals surface area contributed by atoms with Gasteiger partial charge >= 0.3 is 0 Å². The molecule has 2 fully saturated rings. The van der Waals surface area contributed by atoms with Gasteiger partial charge in [0.05, 0.1) is 5.41 Å². The molecule has 0 aromatic carbocycles. The zero-order valence-electron chi connectivity index (χ0n) is 11.8. The molecule has 0 bridgehead atoms. The lowest BCUT2D eigenvalue weighted by atomic mass is 9.74. The van der Waals surface area contributed by atoms with Crippen molar-refractivity contribution < 1.29 is 4.79 Å². The van der Waals surface area contributed by atoms with Gasteiger partial charge in [0.1, 0.15) is 0 Å². The molecule has 104 valence electrons. The Morgan fingerprint density at radius 2 is 1.72 bits per heavy atom. The summed E-state index contributed by atoms with van der Waals surface area (Å²) in [6.45, 7) is 6.23. The number of carbonyl (C=O) groups is 1. The highest BCUT2D eigenvalue weighted by molar-refractivity contribution is 5.83. The normalized spacial score (nSPS) is 24.6. The zero-order chi connectivity index (χ0) is 12.8. The van der Waals surface area contributed by atoms with Gasteiger partial charge in [0.25, 0.3) is 0 Å². The van der Waals surface area contributed by atoms with E-state index in [1.165, 1.54) is 25.7 Å². The van der Waals surface area contributed by atoms with Gasteiger partial charge in [-0.15, -0.1) is 0 Å². The second kappa shape index (κ2) is 6.55. The van der Waals surface area contributed by atoms with Gasteiger partial charge in [-0.05, 0) is 45.2 Å². The van der Waals surface area contributed by atoms with Crippen molar-refractivity contribution >= 4 is 5.91 Å². The maximum absolute atomic E-state index is 12.9. The number of hydrogen-bond acceptors (Lipinski definition) is 2. The van der Waals surface area contributed by atoms with Crippen molar-refractivity contribution in [3.63, 3.8) is 0 Å². The lowest BCUT2D eigenvalue weighted by molar-refractivity contribution is -0.144. The van der Waals surface area contributed by atoms with E-state index in [0.29, 0.717) is 5.91 Å². The van der Waals surface area contributed by atoms with Gasteiger partial charge < -0.3 is 10.2 Å². The van der Waals surface area contributed by atoms with Crippen LogP contribution in [0.25, 0.3) is 0 Å². The molecule has 18 heavy (non-hydrogen) atoms. The van der Waals surface area contributed by atoms with E-state index in [0.717, 1.165) is 51.9 Å². The Morgan fingerprint density at radius 3 is 2.28 bits per heavy atom. The molecule has 0 unspecified atom stereocenters. The first-order chi connectivity index (χ1) is 8.78. The van der Waals surface area contributed by atoms with Gasteiger partial charge in [-0.1, -0.05) is 26.2 Å². The van der Waals surface area contributed by atoms with E-state index in [-0.39, 0.29) is 5.41 Å². The maximum Gasteiger partial charge on any atom is 0.228 e. The van der Waals surface area contributed by atoms with Crippen molar-refractivity contribution in [3.8, 4) is 0 Å². The number of rotatable bonds is 3. The lowest BCUT2D eigenvalue weighted by Gasteiger charge is -2.40. The number of carbonyl (C=O) groups excluding carboxylic acids is 1. The van der Waals surface area contributed by atoms with Crippen molar-refractivity contribution in [1.82, 2.24) is 10.2 Å². The molecule has 2 aliphatic rings. The molecular formula is C15H28N2O. The lowest BCUT2D eigenvalue weighted by Crippen LogP contribution is -2.49. The fraction of sp³-hybridized carbons (Fsp3) is 0.933. The molecule has 1 amide bonds. The van der Waals surface area contributed by atoms with Crippen LogP contribution in [0.2, 0.25) is 0 Å². The first kappa shape index (κ1) is 13.9. The van der Waals surface area contributed by atoms with Crippen LogP contribution < -0.4 is 5.32 Å². The fourth-order valence-electron chi connectivity index (χ4n) is 3.56. The van der Waals surface area contributed by atoms with Gasteiger partial charge in [-0.25, -0.2) is 0 Å². The molecule has 2 heterocycles. The van der Waals surface area contributed by atoms with Crippen molar-refractivity contribution in [1.29, 1.82) is 0 Å². The molecule has 1 N–H and O–H groups in total. The number of nitrogens with zero attached hydrogens (tertiary/aromatic N) is 1. The molecule has 3 heteroatoms. The summed E-state index contributed by atoms with van der Waals surface area (Å²) in [6, 6.07) is 0. The van der Waals surface area contributed by atoms with Crippen LogP contribution in [0.15, 0.2) is 0 Å². The Labute approximate surface area is 111 Å². The summed E-state index contributed by atoms with van der Waals surface area (Å²) >= 11 is 0. The molecule has 2 aliphatic heterocycles. The quantitative estimate of drug-likeness (QED) is 0.837. The SMILES string of the molecule is CCCC1(C(=O)N2CCCCCC2)CCNCC1. The molecule has 0 radical (unpaired) electrons. The van der Waals surface area contributed by atoms with Crippen LogP contribution in [0.5, 0.6) is 0 Å². The molecule has 2 rings (SSSR count). The van der Waals surface area contributed by atoms with Crippen molar-refractivity contribution in [3.05, 3.63) is 0 Å². The molecule has 0 aromatic heterocycles. The Balaban J connectivity index is 2.06. The highest BCUT2D eigenvalue weighted by atomic mass is 16.2. The molecule has 0 atom stereocenters. The molecule has 0 aromatic rings. The fourth-order valence-corrected chi connectivity index (χ4v) is 3.56. The van der Waals surface area contributed by atoms with E-state index in [4.69, 9.17) is 0 Å². The van der Waals surface area contributed by atoms with E-state index in [1.54, 1.807) is 0 Å². The molecule has 0 saturated carbocycles. The minimum atomic E-state index is -0.0374. The van der Waals surface area contributed by atoms with Crippen LogP contribution >= 0.6 is 0 Å². The molecule has 2 saturated heterocycles. The van der Waals surface area contributed by atoms with Crippen LogP contribution in [-0.2, 0) is 4.79 Å². The highest BCUT2D eigenvalue weighted by Crippen LogP contribution is 2.36. The van der Waals surface area contributed by atoms with Crippen LogP contribution in [0.3, 0.4) is 0 Å². The Bertz CT molecular complexity index is 258. The summed E-state index contributed by atoms with van der Waals surface area (Å²) in [5, 5.41) is 3.40. The van der Waals surface area contributed by atoms with E-state index >= 15 is 0 Å². The first-order valence-corrected chi connectivity index (χ1v) is 7.79. The van der Waals surface area contributed by atoms with Crippen LogP contribution in [-0.4, -0.2) is 37.0 Å². The van der Waals surface area contributed by atoms with Crippen LogP contribution in [0, 0.1) is 5.41 Å². The van der Waals surface area contributed by atoms with Crippen molar-refractivity contribution in [2.45, 2.75) is 58.3 Å². The van der Waals surface area contributed by atoms with E-state index in [9.17, 15) is 4.79 Å². The van der Waals surface area contributed by atoms with Crippen molar-refractivity contribution in [2.24, 2.45) is 5.41 Å². The summed E-state index contributed by atoms with van der Waals surface area (Å²) in [5.74, 6) is 0.466. The summed E-state index contributed by atoms with van der Waals surface area (Å²) < 4.78 is 0. The van der Waals surface area contributed by atoms with E-state index in [2.05, 4.69) is 17.1 Å². The highest BCUT2D eigenvalue weighted by Gasteiger charge is 2.40. The minimum absolute atomic E-state index is 0.0374. The average Bonchev–Trinajstić information content (AvgIpc) is 2.68. The second-order valence-corrected chi connectivity index (χ2v) is 5.99. The monoisotopic (exact) mass is 252 g/mol. The van der Waals surface area contributed by atoms with Crippen molar-refractivity contribution in [2.75, 3.05) is 26.2 Å². The third-order valence-electron chi connectivity index (χ3n) is 4.64. The Kier molecular flexibility index (Phi) is 5.04. The first-order valence-electron chi connectivity index (χ1n) is 7.79. The summed E-state index contributed by atoms with van der Waals surface area (Å²) in [5.41, 5.74) is -0.0374.